The zero-order chi connectivity index (χ0) is 34.0. The summed E-state index contributed by atoms with van der Waals surface area (Å²) < 4.78 is 0. The summed E-state index contributed by atoms with van der Waals surface area (Å²) in [6.07, 6.45) is 1.65. The SMILES string of the molecule is Cc1ccc(-c2csc(NC(=O)CSc3cccc(NC(=O)/C(=C\c4ccc(-c5ccccc5)cc4)NC(=O)c4ccccc4)c3)n2)cc1. The van der Waals surface area contributed by atoms with Gasteiger partial charge < -0.3 is 16.0 Å². The van der Waals surface area contributed by atoms with Crippen LogP contribution in [0.15, 0.2) is 149 Å². The standard InChI is InChI=1S/C40H32N4O3S2/c1-27-15-19-31(20-16-27)36-25-49-40(43-36)44-37(45)26-48-34-14-8-13-33(24-34)41-39(47)35(42-38(46)32-11-6-3-7-12-32)23-28-17-21-30(22-18-28)29-9-4-2-5-10-29/h2-25H,26H2,1H3,(H,41,47)(H,42,46)(H,43,44,45)/b35-23+. The number of carbonyl (C=O) groups excluding carboxylic acids is 3. The molecule has 7 nitrogen and oxygen atoms in total. The van der Waals surface area contributed by atoms with Crippen LogP contribution in [0.2, 0.25) is 0 Å². The molecule has 1 aromatic heterocycles. The fourth-order valence-corrected chi connectivity index (χ4v) is 6.36. The summed E-state index contributed by atoms with van der Waals surface area (Å²) in [5.41, 5.74) is 6.90. The summed E-state index contributed by atoms with van der Waals surface area (Å²) >= 11 is 2.72. The first-order valence-electron chi connectivity index (χ1n) is 15.5. The van der Waals surface area contributed by atoms with Gasteiger partial charge >= 0.3 is 0 Å². The number of thioether (sulfide) groups is 1. The van der Waals surface area contributed by atoms with Crippen LogP contribution in [-0.2, 0) is 9.59 Å². The lowest BCUT2D eigenvalue weighted by molar-refractivity contribution is -0.114. The normalized spacial score (nSPS) is 11.1. The number of anilines is 2. The molecule has 1 heterocycles. The molecular weight excluding hydrogens is 649 g/mol. The van der Waals surface area contributed by atoms with E-state index < -0.39 is 11.8 Å². The van der Waals surface area contributed by atoms with Crippen LogP contribution in [0, 0.1) is 6.92 Å². The average molecular weight is 681 g/mol. The maximum Gasteiger partial charge on any atom is 0.272 e. The van der Waals surface area contributed by atoms with Crippen molar-refractivity contribution >= 4 is 57.7 Å². The molecule has 0 saturated carbocycles. The Hall–Kier alpha value is -5.77. The molecule has 6 rings (SSSR count). The van der Waals surface area contributed by atoms with E-state index in [4.69, 9.17) is 0 Å². The number of carbonyl (C=O) groups is 3. The number of thiazole rings is 1. The van der Waals surface area contributed by atoms with Gasteiger partial charge in [-0.05, 0) is 60.0 Å². The first-order valence-corrected chi connectivity index (χ1v) is 17.4. The van der Waals surface area contributed by atoms with Crippen molar-refractivity contribution in [1.82, 2.24) is 10.3 Å². The van der Waals surface area contributed by atoms with Gasteiger partial charge in [0.05, 0.1) is 11.4 Å². The number of nitrogens with zero attached hydrogens (tertiary/aromatic N) is 1. The van der Waals surface area contributed by atoms with E-state index in [2.05, 4.69) is 20.9 Å². The molecule has 49 heavy (non-hydrogen) atoms. The Labute approximate surface area is 293 Å². The number of benzene rings is 5. The van der Waals surface area contributed by atoms with Crippen molar-refractivity contribution in [2.75, 3.05) is 16.4 Å². The Kier molecular flexibility index (Phi) is 10.7. The van der Waals surface area contributed by atoms with Gasteiger partial charge in [0.1, 0.15) is 5.70 Å². The van der Waals surface area contributed by atoms with Gasteiger partial charge in [0, 0.05) is 27.1 Å². The Balaban J connectivity index is 1.11. The second-order valence-electron chi connectivity index (χ2n) is 11.1. The monoisotopic (exact) mass is 680 g/mol. The minimum atomic E-state index is -0.482. The zero-order valence-electron chi connectivity index (χ0n) is 26.6. The lowest BCUT2D eigenvalue weighted by atomic mass is 10.0. The predicted octanol–water partition coefficient (Wildman–Crippen LogP) is 8.93. The van der Waals surface area contributed by atoms with E-state index in [9.17, 15) is 14.4 Å². The van der Waals surface area contributed by atoms with Gasteiger partial charge in [0.15, 0.2) is 5.13 Å². The zero-order valence-corrected chi connectivity index (χ0v) is 28.2. The van der Waals surface area contributed by atoms with Crippen LogP contribution >= 0.6 is 23.1 Å². The number of hydrogen-bond acceptors (Lipinski definition) is 6. The molecule has 5 aromatic carbocycles. The van der Waals surface area contributed by atoms with Gasteiger partial charge in [0.25, 0.3) is 11.8 Å². The minimum Gasteiger partial charge on any atom is -0.321 e. The summed E-state index contributed by atoms with van der Waals surface area (Å²) in [5, 5.41) is 11.0. The van der Waals surface area contributed by atoms with Crippen molar-refractivity contribution in [2.45, 2.75) is 11.8 Å². The fourth-order valence-electron chi connectivity index (χ4n) is 4.87. The Bertz CT molecular complexity index is 2090. The first kappa shape index (κ1) is 33.1. The van der Waals surface area contributed by atoms with Crippen molar-refractivity contribution in [3.63, 3.8) is 0 Å². The van der Waals surface area contributed by atoms with Crippen LogP contribution in [0.5, 0.6) is 0 Å². The highest BCUT2D eigenvalue weighted by molar-refractivity contribution is 8.00. The quantitative estimate of drug-likeness (QED) is 0.0938. The predicted molar refractivity (Wildman–Crippen MR) is 200 cm³/mol. The summed E-state index contributed by atoms with van der Waals surface area (Å²) in [7, 11) is 0. The van der Waals surface area contributed by atoms with E-state index in [1.807, 2.05) is 103 Å². The first-order chi connectivity index (χ1) is 23.9. The van der Waals surface area contributed by atoms with Gasteiger partial charge in [-0.15, -0.1) is 23.1 Å². The van der Waals surface area contributed by atoms with Gasteiger partial charge in [-0.3, -0.25) is 14.4 Å². The van der Waals surface area contributed by atoms with E-state index in [1.54, 1.807) is 48.5 Å². The molecule has 6 aromatic rings. The number of nitrogens with one attached hydrogen (secondary N) is 3. The Morgan fingerprint density at radius 3 is 2.14 bits per heavy atom. The number of aryl methyl sites for hydroxylation is 1. The maximum atomic E-state index is 13.6. The highest BCUT2D eigenvalue weighted by Gasteiger charge is 2.16. The lowest BCUT2D eigenvalue weighted by Crippen LogP contribution is -2.30. The smallest absolute Gasteiger partial charge is 0.272 e. The summed E-state index contributed by atoms with van der Waals surface area (Å²) in [6.45, 7) is 2.03. The Morgan fingerprint density at radius 2 is 1.41 bits per heavy atom. The van der Waals surface area contributed by atoms with Crippen LogP contribution in [0.1, 0.15) is 21.5 Å². The molecule has 242 valence electrons. The molecule has 0 radical (unpaired) electrons. The molecule has 0 atom stereocenters. The third kappa shape index (κ3) is 9.19. The van der Waals surface area contributed by atoms with Crippen molar-refractivity contribution < 1.29 is 14.4 Å². The van der Waals surface area contributed by atoms with Gasteiger partial charge in [-0.2, -0.15) is 0 Å². The molecule has 0 fully saturated rings. The molecule has 0 saturated heterocycles. The van der Waals surface area contributed by atoms with Crippen molar-refractivity contribution in [2.24, 2.45) is 0 Å². The fraction of sp³-hybridized carbons (Fsp3) is 0.0500. The number of rotatable bonds is 11. The van der Waals surface area contributed by atoms with E-state index in [1.165, 1.54) is 28.7 Å². The summed E-state index contributed by atoms with van der Waals surface area (Å²) in [5.74, 6) is -0.904. The van der Waals surface area contributed by atoms with Crippen LogP contribution in [0.3, 0.4) is 0 Å². The molecular formula is C40H32N4O3S2. The molecule has 3 N–H and O–H groups in total. The van der Waals surface area contributed by atoms with Crippen LogP contribution < -0.4 is 16.0 Å². The van der Waals surface area contributed by atoms with Crippen LogP contribution in [0.25, 0.3) is 28.5 Å². The largest absolute Gasteiger partial charge is 0.321 e. The molecule has 0 aliphatic rings. The third-order valence-electron chi connectivity index (χ3n) is 7.42. The topological polar surface area (TPSA) is 100 Å². The third-order valence-corrected chi connectivity index (χ3v) is 9.17. The highest BCUT2D eigenvalue weighted by atomic mass is 32.2. The number of hydrogen-bond donors (Lipinski definition) is 3. The Morgan fingerprint density at radius 1 is 0.735 bits per heavy atom. The second kappa shape index (κ2) is 15.9. The van der Waals surface area contributed by atoms with E-state index in [0.717, 1.165) is 32.8 Å². The minimum absolute atomic E-state index is 0.0900. The molecule has 0 aliphatic heterocycles. The summed E-state index contributed by atoms with van der Waals surface area (Å²) in [6, 6.07) is 41.8. The molecule has 0 aliphatic carbocycles. The van der Waals surface area contributed by atoms with E-state index in [-0.39, 0.29) is 17.4 Å². The lowest BCUT2D eigenvalue weighted by Gasteiger charge is -2.12. The molecule has 3 amide bonds. The highest BCUT2D eigenvalue weighted by Crippen LogP contribution is 2.27. The van der Waals surface area contributed by atoms with Crippen LogP contribution in [-0.4, -0.2) is 28.5 Å². The van der Waals surface area contributed by atoms with Crippen LogP contribution in [0.4, 0.5) is 10.8 Å². The molecule has 0 unspecified atom stereocenters. The molecule has 9 heteroatoms. The van der Waals surface area contributed by atoms with Gasteiger partial charge in [-0.25, -0.2) is 4.98 Å². The van der Waals surface area contributed by atoms with Gasteiger partial charge in [-0.1, -0.05) is 109 Å². The van der Waals surface area contributed by atoms with Crippen molar-refractivity contribution in [3.8, 4) is 22.4 Å². The maximum absolute atomic E-state index is 13.6. The number of amides is 3. The van der Waals surface area contributed by atoms with Crippen molar-refractivity contribution in [3.05, 3.63) is 161 Å². The summed E-state index contributed by atoms with van der Waals surface area (Å²) in [4.78, 5) is 44.8. The van der Waals surface area contributed by atoms with E-state index in [0.29, 0.717) is 16.4 Å². The van der Waals surface area contributed by atoms with Gasteiger partial charge in [0.2, 0.25) is 5.91 Å². The number of aromatic nitrogens is 1. The molecule has 0 bridgehead atoms. The average Bonchev–Trinajstić information content (AvgIpc) is 3.60. The van der Waals surface area contributed by atoms with E-state index >= 15 is 0 Å². The molecule has 0 spiro atoms. The second-order valence-corrected chi connectivity index (χ2v) is 13.0. The van der Waals surface area contributed by atoms with Crippen molar-refractivity contribution in [1.29, 1.82) is 0 Å².